The monoisotopic (exact) mass is 1840 g/mol. The van der Waals surface area contributed by atoms with Crippen LogP contribution < -0.4 is 11.1 Å². The first kappa shape index (κ1) is 86.8. The van der Waals surface area contributed by atoms with Crippen LogP contribution in [0.4, 0.5) is 0 Å². The fraction of sp³-hybridized carbons (Fsp3) is 0.466. The zero-order valence-corrected chi connectivity index (χ0v) is 68.8. The summed E-state index contributed by atoms with van der Waals surface area (Å²) in [5, 5.41) is 36.9. The molecule has 1 saturated heterocycles. The fourth-order valence-electron chi connectivity index (χ4n) is 12.6. The molecule has 5 N–H and O–H groups in total. The number of nitrogens with zero attached hydrogens (tertiary/aromatic N) is 1. The van der Waals surface area contributed by atoms with Crippen LogP contribution in [0.3, 0.4) is 0 Å². The molecule has 3 amide bonds. The van der Waals surface area contributed by atoms with Crippen molar-refractivity contribution >= 4 is 208 Å². The van der Waals surface area contributed by atoms with Gasteiger partial charge in [-0.05, 0) is 151 Å². The van der Waals surface area contributed by atoms with E-state index in [-0.39, 0.29) is 86.2 Å². The molecule has 96 heavy (non-hydrogen) atoms. The van der Waals surface area contributed by atoms with Crippen LogP contribution in [0.1, 0.15) is 153 Å². The summed E-state index contributed by atoms with van der Waals surface area (Å²) in [6.45, 7) is 25.4. The van der Waals surface area contributed by atoms with Gasteiger partial charge in [-0.15, -0.1) is 5.06 Å². The van der Waals surface area contributed by atoms with Gasteiger partial charge in [0.15, 0.2) is 0 Å². The number of nitrogens with two attached hydrogens (primary N) is 1. The minimum absolute atomic E-state index is 0. The predicted molar refractivity (Wildman–Crippen MR) is 426 cm³/mol. The van der Waals surface area contributed by atoms with E-state index in [2.05, 4.69) is 243 Å². The number of carboxylic acids is 2. The quantitative estimate of drug-likeness (QED) is 0.00680. The number of hydrogen-bond acceptors (Lipinski definition) is 12. The van der Waals surface area contributed by atoms with Crippen LogP contribution in [0.25, 0.3) is 64.6 Å². The fourth-order valence-corrected chi connectivity index (χ4v) is 20.4. The summed E-state index contributed by atoms with van der Waals surface area (Å²) in [5.74, 6) is -3.19. The molecule has 0 aliphatic carbocycles. The molecule has 525 valence electrons. The number of hydrogen-bond donors (Lipinski definition) is 4. The van der Waals surface area contributed by atoms with Crippen molar-refractivity contribution in [3.05, 3.63) is 125 Å². The molecule has 0 bridgehead atoms. The Kier molecular flexibility index (Phi) is 36.4. The van der Waals surface area contributed by atoms with Gasteiger partial charge in [0.2, 0.25) is 5.91 Å². The number of benzene rings is 8. The number of carbonyl (C=O) groups is 6. The summed E-state index contributed by atoms with van der Waals surface area (Å²) in [7, 11) is -5.28. The number of alkyl halides is 3. The maximum absolute atomic E-state index is 12.7. The van der Waals surface area contributed by atoms with Crippen molar-refractivity contribution in [2.75, 3.05) is 26.3 Å². The van der Waals surface area contributed by atoms with Gasteiger partial charge in [0.25, 0.3) is 11.8 Å². The van der Waals surface area contributed by atoms with Gasteiger partial charge < -0.3 is 66.4 Å². The molecule has 8 aromatic carbocycles. The molecule has 1 aliphatic heterocycles. The average Bonchev–Trinajstić information content (AvgIpc) is 0.837. The van der Waals surface area contributed by atoms with Gasteiger partial charge in [0.1, 0.15) is -0.0619 Å². The van der Waals surface area contributed by atoms with E-state index in [4.69, 9.17) is 33.4 Å². The number of nitrogens with one attached hydrogen (secondary N) is 1. The third-order valence-corrected chi connectivity index (χ3v) is 26.0. The standard InChI is InChI=1S/C33H43NO5Si.C24H19NO4.C13H29NO4Si.CHI3.CH2I.CH4.V/c1-22(2)40(23(3)4,39-33(5,6)21-30(36)37)38-20-19-34-29(35)12-8-9-24-13-14-27-16-15-25-10-7-11-26-17-18-28(24)32(27)31(25)26;26-20-13-14-21(27)25(20)29-22(28)6-2-3-15-7-8-18-10-9-16-4-1-5-17-11-12-19(15)24(18)23(16)17;1-10(2)19(11(3)4,17-8-7-14)18-13(5,6)9-12(15)16;2-1(3)4;1-2;;/h7,10-11,13-18,22-23H,8-9,12,19-21H2,1-6H3,(H,34,35)(H,36,37);1,4-5,7-12H,2-3,6,13-14H2;10-11H,7-9,14H2,1-6H3,(H,15,16);1H;1H2;1H4;/q;;;;-1;;. The molecule has 1 radical (unpaired) electrons. The van der Waals surface area contributed by atoms with Crippen molar-refractivity contribution in [2.45, 2.75) is 188 Å². The van der Waals surface area contributed by atoms with Crippen LogP contribution >= 0.6 is 90.4 Å². The third kappa shape index (κ3) is 23.9. The van der Waals surface area contributed by atoms with E-state index in [0.717, 1.165) is 12.8 Å². The first-order valence-corrected chi connectivity index (χ1v) is 41.2. The van der Waals surface area contributed by atoms with E-state index < -0.39 is 58.0 Å². The van der Waals surface area contributed by atoms with E-state index in [1.54, 1.807) is 27.7 Å². The molecular formula is C73H98I4N3O13Si2V-. The molecule has 16 nitrogen and oxygen atoms in total. The smallest absolute Gasteiger partial charge is 0.343 e. The summed E-state index contributed by atoms with van der Waals surface area (Å²) in [5.41, 5.74) is 7.12. The van der Waals surface area contributed by atoms with E-state index in [1.165, 1.54) is 75.8 Å². The topological polar surface area (TPSA) is 230 Å². The Labute approximate surface area is 637 Å². The Hall–Kier alpha value is -3.40. The number of amides is 3. The molecule has 1 heterocycles. The summed E-state index contributed by atoms with van der Waals surface area (Å²) in [6.07, 6.45) is 3.58. The van der Waals surface area contributed by atoms with Crippen LogP contribution in [-0.2, 0) is 82.7 Å². The molecule has 1 aliphatic rings. The Balaban J connectivity index is 0.000000377. The first-order valence-electron chi connectivity index (χ1n) is 32.0. The normalized spacial score (nSPS) is 12.8. The zero-order valence-electron chi connectivity index (χ0n) is 56.8. The van der Waals surface area contributed by atoms with Crippen LogP contribution in [0, 0.1) is 4.93 Å². The largest absolute Gasteiger partial charge is 0.481 e. The minimum atomic E-state index is -2.76. The minimum Gasteiger partial charge on any atom is -0.481 e. The maximum Gasteiger partial charge on any atom is 0.343 e. The summed E-state index contributed by atoms with van der Waals surface area (Å²) >= 11 is 8.85. The molecule has 0 unspecified atom stereocenters. The first-order chi connectivity index (χ1) is 44.3. The molecule has 0 saturated carbocycles. The second-order valence-electron chi connectivity index (χ2n) is 25.9. The third-order valence-electron chi connectivity index (χ3n) is 16.6. The zero-order chi connectivity index (χ0) is 69.9. The number of carboxylic acid groups (broad SMARTS) is 2. The van der Waals surface area contributed by atoms with Crippen molar-refractivity contribution < 1.29 is 80.1 Å². The second kappa shape index (κ2) is 40.3. The van der Waals surface area contributed by atoms with Crippen molar-refractivity contribution in [3.8, 4) is 0 Å². The molecule has 9 rings (SSSR count). The van der Waals surface area contributed by atoms with Gasteiger partial charge in [-0.3, -0.25) is 28.9 Å². The summed E-state index contributed by atoms with van der Waals surface area (Å²) in [6, 6.07) is 38.8. The number of aryl methyl sites for hydroxylation is 2. The predicted octanol–water partition coefficient (Wildman–Crippen LogP) is 19.0. The second-order valence-corrected chi connectivity index (χ2v) is 45.3. The van der Waals surface area contributed by atoms with Crippen LogP contribution in [0.2, 0.25) is 22.2 Å². The van der Waals surface area contributed by atoms with Crippen molar-refractivity contribution in [1.29, 1.82) is 0 Å². The van der Waals surface area contributed by atoms with E-state index in [0.29, 0.717) is 50.6 Å². The molecule has 8 aromatic rings. The van der Waals surface area contributed by atoms with Gasteiger partial charge >= 0.3 is 35.0 Å². The Morgan fingerprint density at radius 1 is 0.562 bits per heavy atom. The number of imide groups is 1. The van der Waals surface area contributed by atoms with Gasteiger partial charge in [-0.2, -0.15) is 0 Å². The number of halogens is 4. The Morgan fingerprint density at radius 2 is 0.896 bits per heavy atom. The number of rotatable bonds is 28. The molecule has 1 fully saturated rings. The molecular weight excluding hydrogens is 1740 g/mol. The van der Waals surface area contributed by atoms with Crippen molar-refractivity contribution in [1.82, 2.24) is 10.4 Å². The van der Waals surface area contributed by atoms with Gasteiger partial charge in [0.05, 0.1) is 30.7 Å². The van der Waals surface area contributed by atoms with Crippen molar-refractivity contribution in [3.63, 3.8) is 0 Å². The average molecular weight is 1840 g/mol. The Morgan fingerprint density at radius 3 is 1.25 bits per heavy atom. The van der Waals surface area contributed by atoms with Crippen molar-refractivity contribution in [2.24, 2.45) is 5.73 Å². The number of hydroxylamine groups is 2. The van der Waals surface area contributed by atoms with Gasteiger partial charge in [0, 0.05) is 63.9 Å². The number of aliphatic carboxylic acids is 2. The SMILES string of the molecule is C.CC(C)[Si](OCCN)(OC(C)(C)CC(=O)O)C(C)C.CC(C)[Si](OCCNC(=O)CCCc1ccc2ccc3cccc4ccc1c2c34)(OC(C)(C)CC(=O)O)C(C)C.IC(I)I.O=C(CCCc1ccc2ccc3cccc4ccc1c2c34)ON1C(=O)CCC1=O.[CH2-]I.[V]. The van der Waals surface area contributed by atoms with Crippen LogP contribution in [-0.4, -0.2) is 105 Å². The summed E-state index contributed by atoms with van der Waals surface area (Å²) < 4.78 is 25.9. The van der Waals surface area contributed by atoms with Crippen LogP contribution in [0.5, 0.6) is 0 Å². The molecule has 0 aromatic heterocycles. The maximum atomic E-state index is 12.7. The number of carbonyl (C=O) groups excluding carboxylic acids is 4. The molecule has 0 spiro atoms. The Bertz CT molecular complexity index is 3750. The molecule has 0 atom stereocenters. The molecule has 23 heteroatoms. The van der Waals surface area contributed by atoms with Gasteiger partial charge in [-0.1, -0.05) is 240 Å². The van der Waals surface area contributed by atoms with E-state index in [1.807, 2.05) is 22.6 Å². The summed E-state index contributed by atoms with van der Waals surface area (Å²) in [4.78, 5) is 78.3. The van der Waals surface area contributed by atoms with E-state index >= 15 is 0 Å². The van der Waals surface area contributed by atoms with Gasteiger partial charge in [-0.25, -0.2) is 4.79 Å². The van der Waals surface area contributed by atoms with E-state index in [9.17, 15) is 33.9 Å². The van der Waals surface area contributed by atoms with Crippen LogP contribution in [0.15, 0.2) is 109 Å².